The Bertz CT molecular complexity index is 3080. The third-order valence-electron chi connectivity index (χ3n) is 9.81. The Hall–Kier alpha value is -7.17. The zero-order valence-electron chi connectivity index (χ0n) is 27.9. The number of benzene rings is 4. The molecule has 9 nitrogen and oxygen atoms in total. The number of imidazole rings is 1. The molecule has 0 aliphatic rings. The summed E-state index contributed by atoms with van der Waals surface area (Å²) in [5.41, 5.74) is 11.0. The van der Waals surface area contributed by atoms with E-state index < -0.39 is 0 Å². The van der Waals surface area contributed by atoms with Gasteiger partial charge in [0, 0.05) is 67.4 Å². The van der Waals surface area contributed by atoms with Crippen molar-refractivity contribution in [3.8, 4) is 62.6 Å². The summed E-state index contributed by atoms with van der Waals surface area (Å²) in [4.78, 5) is 28.0. The van der Waals surface area contributed by atoms with Gasteiger partial charge in [-0.15, -0.1) is 0 Å². The first-order valence-corrected chi connectivity index (χ1v) is 18.0. The predicted molar refractivity (Wildman–Crippen MR) is 211 cm³/mol. The van der Waals surface area contributed by atoms with E-state index in [0.717, 1.165) is 88.8 Å². The monoisotopic (exact) mass is 702 g/mol. The van der Waals surface area contributed by atoms with E-state index in [1.54, 1.807) is 12.5 Å². The van der Waals surface area contributed by atoms with Gasteiger partial charge in [0.25, 0.3) is 0 Å². The molecule has 4 aromatic carbocycles. The Labute approximate surface area is 305 Å². The van der Waals surface area contributed by atoms with Crippen LogP contribution in [0.25, 0.3) is 106 Å². The van der Waals surface area contributed by atoms with E-state index >= 15 is 0 Å². The molecule has 11 rings (SSSR count). The average Bonchev–Trinajstić information content (AvgIpc) is 4.06. The number of H-pyrrole nitrogens is 2. The van der Waals surface area contributed by atoms with Gasteiger partial charge in [-0.25, -0.2) is 19.5 Å². The van der Waals surface area contributed by atoms with Crippen molar-refractivity contribution < 1.29 is 4.42 Å². The highest BCUT2D eigenvalue weighted by Gasteiger charge is 2.33. The Morgan fingerprint density at radius 1 is 0.642 bits per heavy atom. The molecule has 0 saturated carbocycles. The minimum Gasteiger partial charge on any atom is -0.432 e. The molecule has 11 aromatic rings. The first-order valence-electron chi connectivity index (χ1n) is 17.2. The number of hydrogen-bond donors (Lipinski definition) is 2. The van der Waals surface area contributed by atoms with Gasteiger partial charge in [0.2, 0.25) is 0 Å². The minimum absolute atomic E-state index is 0.378. The predicted octanol–water partition coefficient (Wildman–Crippen LogP) is 10.7. The summed E-state index contributed by atoms with van der Waals surface area (Å²) in [6.07, 6.45) is 7.06. The normalized spacial score (nSPS) is 11.8. The van der Waals surface area contributed by atoms with E-state index in [9.17, 15) is 0 Å². The Kier molecular flexibility index (Phi) is 6.52. The lowest BCUT2D eigenvalue weighted by atomic mass is 9.86. The van der Waals surface area contributed by atoms with Gasteiger partial charge in [-0.3, -0.25) is 4.98 Å². The van der Waals surface area contributed by atoms with E-state index in [0.29, 0.717) is 17.4 Å². The fourth-order valence-corrected chi connectivity index (χ4v) is 8.07. The van der Waals surface area contributed by atoms with Crippen LogP contribution in [0.3, 0.4) is 0 Å². The van der Waals surface area contributed by atoms with E-state index in [4.69, 9.17) is 28.7 Å². The van der Waals surface area contributed by atoms with Crippen molar-refractivity contribution in [1.82, 2.24) is 38.8 Å². The third kappa shape index (κ3) is 4.59. The first kappa shape index (κ1) is 29.5. The molecule has 0 radical (unpaired) electrons. The minimum atomic E-state index is 0.378. The molecule has 250 valence electrons. The standard InChI is InChI=1S/C43H26N8OS/c1-4-11-28-25(8-1)17-20-45-39(28)38-36(32-16-15-26-9-2-5-12-29(26)47-32)35(31-14-7-19-44-31)37(33-18-23-53-50-33)41-40(38)49-42(51(41)43-46-21-22-52-43)34-24-27-10-3-6-13-30(27)48-34/h1-24,44,48H. The van der Waals surface area contributed by atoms with Crippen LogP contribution in [0.5, 0.6) is 0 Å². The van der Waals surface area contributed by atoms with Gasteiger partial charge in [0.05, 0.1) is 40.0 Å². The number of pyridine rings is 2. The van der Waals surface area contributed by atoms with Crippen LogP contribution in [-0.4, -0.2) is 38.8 Å². The maximum absolute atomic E-state index is 6.15. The number of hydrogen-bond acceptors (Lipinski definition) is 7. The zero-order valence-corrected chi connectivity index (χ0v) is 28.7. The highest BCUT2D eigenvalue weighted by molar-refractivity contribution is 7.03. The van der Waals surface area contributed by atoms with Crippen molar-refractivity contribution in [2.45, 2.75) is 0 Å². The number of rotatable bonds is 6. The molecule has 0 bridgehead atoms. The molecular formula is C43H26N8OS. The molecule has 10 heteroatoms. The van der Waals surface area contributed by atoms with Crippen LogP contribution in [0.4, 0.5) is 0 Å². The van der Waals surface area contributed by atoms with Crippen LogP contribution < -0.4 is 0 Å². The van der Waals surface area contributed by atoms with E-state index in [-0.39, 0.29) is 0 Å². The van der Waals surface area contributed by atoms with E-state index in [1.165, 1.54) is 11.5 Å². The molecule has 0 unspecified atom stereocenters. The van der Waals surface area contributed by atoms with Crippen LogP contribution in [-0.2, 0) is 0 Å². The highest BCUT2D eigenvalue weighted by Crippen LogP contribution is 2.52. The fraction of sp³-hybridized carbons (Fsp3) is 0. The summed E-state index contributed by atoms with van der Waals surface area (Å²) < 4.78 is 13.1. The molecule has 0 fully saturated rings. The summed E-state index contributed by atoms with van der Waals surface area (Å²) in [6, 6.07) is 39.7. The number of nitrogens with zero attached hydrogens (tertiary/aromatic N) is 6. The second-order valence-corrected chi connectivity index (χ2v) is 13.5. The first-order chi connectivity index (χ1) is 26.3. The lowest BCUT2D eigenvalue weighted by Gasteiger charge is -2.21. The maximum atomic E-state index is 6.15. The number of para-hydroxylation sites is 2. The van der Waals surface area contributed by atoms with Crippen LogP contribution in [0, 0.1) is 0 Å². The molecule has 0 spiro atoms. The van der Waals surface area contributed by atoms with Crippen LogP contribution in [0.2, 0.25) is 0 Å². The summed E-state index contributed by atoms with van der Waals surface area (Å²) in [6.45, 7) is 0. The molecule has 0 aliphatic heterocycles. The third-order valence-corrected chi connectivity index (χ3v) is 10.4. The number of aromatic amines is 2. The molecule has 7 heterocycles. The quantitative estimate of drug-likeness (QED) is 0.178. The van der Waals surface area contributed by atoms with Crippen LogP contribution in [0.15, 0.2) is 150 Å². The van der Waals surface area contributed by atoms with Gasteiger partial charge >= 0.3 is 6.01 Å². The number of oxazole rings is 1. The zero-order chi connectivity index (χ0) is 34.9. The molecule has 7 aromatic heterocycles. The number of fused-ring (bicyclic) bond motifs is 4. The van der Waals surface area contributed by atoms with Gasteiger partial charge in [-0.05, 0) is 65.4 Å². The van der Waals surface area contributed by atoms with E-state index in [1.807, 2.05) is 64.8 Å². The van der Waals surface area contributed by atoms with Gasteiger partial charge < -0.3 is 14.4 Å². The fourth-order valence-electron chi connectivity index (χ4n) is 7.56. The second-order valence-electron chi connectivity index (χ2n) is 12.8. The van der Waals surface area contributed by atoms with Gasteiger partial charge in [-0.2, -0.15) is 4.37 Å². The van der Waals surface area contributed by atoms with Crippen molar-refractivity contribution >= 4 is 55.1 Å². The van der Waals surface area contributed by atoms with Crippen molar-refractivity contribution in [3.63, 3.8) is 0 Å². The average molecular weight is 703 g/mol. The van der Waals surface area contributed by atoms with Crippen molar-refractivity contribution in [2.24, 2.45) is 0 Å². The number of nitrogens with one attached hydrogen (secondary N) is 2. The van der Waals surface area contributed by atoms with Crippen LogP contribution in [0.1, 0.15) is 0 Å². The summed E-state index contributed by atoms with van der Waals surface area (Å²) >= 11 is 1.40. The maximum Gasteiger partial charge on any atom is 0.307 e. The van der Waals surface area contributed by atoms with E-state index in [2.05, 4.69) is 82.8 Å². The molecule has 0 aliphatic carbocycles. The second kappa shape index (κ2) is 11.7. The Morgan fingerprint density at radius 2 is 1.51 bits per heavy atom. The Morgan fingerprint density at radius 3 is 2.34 bits per heavy atom. The van der Waals surface area contributed by atoms with Gasteiger partial charge in [-0.1, -0.05) is 66.7 Å². The van der Waals surface area contributed by atoms with Crippen molar-refractivity contribution in [2.75, 3.05) is 0 Å². The topological polar surface area (TPSA) is 114 Å². The number of aromatic nitrogens is 8. The summed E-state index contributed by atoms with van der Waals surface area (Å²) in [7, 11) is 0. The molecule has 0 amide bonds. The largest absolute Gasteiger partial charge is 0.432 e. The summed E-state index contributed by atoms with van der Waals surface area (Å²) in [5, 5.41) is 6.18. The SMILES string of the molecule is c1c[nH]c(-c2c(-c3ccc4ccccc4n3)c(-c3nccc4ccccc34)c3nc(-c4cc5ccccc5[nH]4)n(-c4ncco4)c3c2-c2ccsn2)c1. The van der Waals surface area contributed by atoms with Gasteiger partial charge in [0.1, 0.15) is 11.8 Å². The lowest BCUT2D eigenvalue weighted by molar-refractivity contribution is 0.532. The molecule has 2 N–H and O–H groups in total. The molecular weight excluding hydrogens is 677 g/mol. The molecule has 0 saturated heterocycles. The summed E-state index contributed by atoms with van der Waals surface area (Å²) in [5.74, 6) is 0.637. The Balaban J connectivity index is 1.42. The van der Waals surface area contributed by atoms with Crippen molar-refractivity contribution in [1.29, 1.82) is 0 Å². The highest BCUT2D eigenvalue weighted by atomic mass is 32.1. The van der Waals surface area contributed by atoms with Crippen molar-refractivity contribution in [3.05, 3.63) is 145 Å². The van der Waals surface area contributed by atoms with Gasteiger partial charge in [0.15, 0.2) is 5.82 Å². The smallest absolute Gasteiger partial charge is 0.307 e. The lowest BCUT2D eigenvalue weighted by Crippen LogP contribution is -2.03. The molecule has 53 heavy (non-hydrogen) atoms. The van der Waals surface area contributed by atoms with Crippen LogP contribution >= 0.6 is 11.5 Å². The molecule has 0 atom stereocenters.